The van der Waals surface area contributed by atoms with E-state index in [1.165, 1.54) is 12.3 Å². The molecule has 2 heterocycles. The third kappa shape index (κ3) is 5.74. The fraction of sp³-hybridized carbons (Fsp3) is 0.278. The van der Waals surface area contributed by atoms with Crippen LogP contribution in [0.1, 0.15) is 21.8 Å². The molecule has 3 rings (SSSR count). The number of benzene rings is 1. The van der Waals surface area contributed by atoms with Crippen LogP contribution in [-0.4, -0.2) is 33.9 Å². The second-order valence-corrected chi connectivity index (χ2v) is 5.98. The van der Waals surface area contributed by atoms with E-state index in [2.05, 4.69) is 15.5 Å². The van der Waals surface area contributed by atoms with Gasteiger partial charge in [0.1, 0.15) is 18.9 Å². The number of nitrogens with zero attached hydrogens (tertiary/aromatic N) is 3. The van der Waals surface area contributed by atoms with Gasteiger partial charge in [0.2, 0.25) is 5.76 Å². The summed E-state index contributed by atoms with van der Waals surface area (Å²) in [6.07, 6.45) is -2.09. The third-order valence-corrected chi connectivity index (χ3v) is 3.84. The third-order valence-electron chi connectivity index (χ3n) is 3.84. The maximum Gasteiger partial charge on any atom is 0.406 e. The number of carbonyl (C=O) groups excluding carboxylic acids is 1. The molecular weight excluding hydrogens is 393 g/mol. The predicted octanol–water partition coefficient (Wildman–Crippen LogP) is 2.95. The predicted molar refractivity (Wildman–Crippen MR) is 93.3 cm³/mol. The average molecular weight is 410 g/mol. The number of imidazole rings is 1. The van der Waals surface area contributed by atoms with Crippen molar-refractivity contribution in [2.24, 2.45) is 0 Å². The van der Waals surface area contributed by atoms with Crippen LogP contribution in [0.3, 0.4) is 0 Å². The average Bonchev–Trinajstić information content (AvgIpc) is 3.33. The first-order chi connectivity index (χ1) is 13.8. The summed E-state index contributed by atoms with van der Waals surface area (Å²) in [7, 11) is 1.57. The Balaban J connectivity index is 1.52. The molecule has 1 aromatic carbocycles. The molecule has 0 aliphatic carbocycles. The molecule has 154 valence electrons. The number of halogens is 3. The molecule has 2 aromatic heterocycles. The van der Waals surface area contributed by atoms with Crippen LogP contribution < -0.4 is 14.8 Å². The Morgan fingerprint density at radius 1 is 1.28 bits per heavy atom. The number of ether oxygens (including phenoxy) is 2. The van der Waals surface area contributed by atoms with E-state index in [9.17, 15) is 18.0 Å². The van der Waals surface area contributed by atoms with Gasteiger partial charge in [-0.1, -0.05) is 12.1 Å². The van der Waals surface area contributed by atoms with Gasteiger partial charge in [-0.25, -0.2) is 4.98 Å². The zero-order valence-corrected chi connectivity index (χ0v) is 15.3. The van der Waals surface area contributed by atoms with E-state index in [0.717, 1.165) is 16.5 Å². The first-order valence-electron chi connectivity index (χ1n) is 8.40. The lowest BCUT2D eigenvalue weighted by atomic mass is 10.2. The van der Waals surface area contributed by atoms with Crippen LogP contribution in [0, 0.1) is 0 Å². The summed E-state index contributed by atoms with van der Waals surface area (Å²) in [5, 5.41) is 6.10. The number of methoxy groups -OCH3 is 1. The summed E-state index contributed by atoms with van der Waals surface area (Å²) >= 11 is 0. The molecule has 0 bridgehead atoms. The molecule has 0 fully saturated rings. The zero-order valence-electron chi connectivity index (χ0n) is 15.3. The minimum atomic E-state index is -4.39. The van der Waals surface area contributed by atoms with Crippen molar-refractivity contribution in [1.29, 1.82) is 0 Å². The van der Waals surface area contributed by atoms with E-state index < -0.39 is 18.6 Å². The second kappa shape index (κ2) is 8.67. The lowest BCUT2D eigenvalue weighted by Gasteiger charge is -2.10. The lowest BCUT2D eigenvalue weighted by molar-refractivity contribution is -0.141. The summed E-state index contributed by atoms with van der Waals surface area (Å²) in [5.41, 5.74) is 1.06. The van der Waals surface area contributed by atoms with Gasteiger partial charge < -0.3 is 23.9 Å². The van der Waals surface area contributed by atoms with Gasteiger partial charge in [-0.05, 0) is 22.9 Å². The van der Waals surface area contributed by atoms with E-state index >= 15 is 0 Å². The van der Waals surface area contributed by atoms with Crippen LogP contribution >= 0.6 is 0 Å². The molecule has 3 aromatic rings. The summed E-state index contributed by atoms with van der Waals surface area (Å²) < 4.78 is 53.9. The normalized spacial score (nSPS) is 11.3. The Morgan fingerprint density at radius 2 is 2.03 bits per heavy atom. The van der Waals surface area contributed by atoms with Crippen molar-refractivity contribution in [2.45, 2.75) is 25.9 Å². The van der Waals surface area contributed by atoms with Crippen LogP contribution in [-0.2, 0) is 19.7 Å². The minimum absolute atomic E-state index is 0.105. The molecule has 29 heavy (non-hydrogen) atoms. The number of carbonyl (C=O) groups is 1. The standard InChI is InChI=1S/C18H17F3N4O4/c1-27-14-4-2-12(3-5-14)9-28-16-6-15(29-24-16)17(26)23-8-13-7-22-11-25(13)10-18(19,20)21/h2-7,11H,8-10H2,1H3,(H,23,26). The smallest absolute Gasteiger partial charge is 0.406 e. The molecule has 0 saturated heterocycles. The quantitative estimate of drug-likeness (QED) is 0.614. The Morgan fingerprint density at radius 3 is 2.72 bits per heavy atom. The molecule has 0 atom stereocenters. The SMILES string of the molecule is COc1ccc(COc2cc(C(=O)NCc3cncn3CC(F)(F)F)on2)cc1. The van der Waals surface area contributed by atoms with Crippen molar-refractivity contribution in [3.8, 4) is 11.6 Å². The van der Waals surface area contributed by atoms with Crippen molar-refractivity contribution in [3.63, 3.8) is 0 Å². The maximum atomic E-state index is 12.5. The Bertz CT molecular complexity index is 951. The number of amides is 1. The van der Waals surface area contributed by atoms with Crippen molar-refractivity contribution >= 4 is 5.91 Å². The molecular formula is C18H17F3N4O4. The highest BCUT2D eigenvalue weighted by Crippen LogP contribution is 2.19. The fourth-order valence-electron chi connectivity index (χ4n) is 2.40. The summed E-state index contributed by atoms with van der Waals surface area (Å²) in [4.78, 5) is 15.8. The van der Waals surface area contributed by atoms with E-state index in [1.807, 2.05) is 12.1 Å². The minimum Gasteiger partial charge on any atom is -0.497 e. The monoisotopic (exact) mass is 410 g/mol. The number of hydrogen-bond acceptors (Lipinski definition) is 6. The van der Waals surface area contributed by atoms with Gasteiger partial charge >= 0.3 is 6.18 Å². The molecule has 0 radical (unpaired) electrons. The molecule has 0 spiro atoms. The molecule has 0 saturated carbocycles. The van der Waals surface area contributed by atoms with Gasteiger partial charge in [0, 0.05) is 6.20 Å². The fourth-order valence-corrected chi connectivity index (χ4v) is 2.40. The largest absolute Gasteiger partial charge is 0.497 e. The molecule has 0 unspecified atom stereocenters. The van der Waals surface area contributed by atoms with Gasteiger partial charge in [-0.2, -0.15) is 13.2 Å². The van der Waals surface area contributed by atoms with Crippen LogP contribution in [0.4, 0.5) is 13.2 Å². The highest BCUT2D eigenvalue weighted by atomic mass is 19.4. The Kier molecular flexibility index (Phi) is 6.05. The van der Waals surface area contributed by atoms with Crippen LogP contribution in [0.25, 0.3) is 0 Å². The number of aromatic nitrogens is 3. The van der Waals surface area contributed by atoms with E-state index in [4.69, 9.17) is 14.0 Å². The van der Waals surface area contributed by atoms with Crippen molar-refractivity contribution in [2.75, 3.05) is 7.11 Å². The molecule has 1 amide bonds. The first kappa shape index (κ1) is 20.2. The van der Waals surface area contributed by atoms with E-state index in [0.29, 0.717) is 5.75 Å². The van der Waals surface area contributed by atoms with Crippen LogP contribution in [0.2, 0.25) is 0 Å². The summed E-state index contributed by atoms with van der Waals surface area (Å²) in [6, 6.07) is 8.49. The Hall–Kier alpha value is -3.50. The number of alkyl halides is 3. The van der Waals surface area contributed by atoms with Crippen molar-refractivity contribution in [3.05, 3.63) is 59.9 Å². The Labute approximate surface area is 163 Å². The lowest BCUT2D eigenvalue weighted by Crippen LogP contribution is -2.25. The highest BCUT2D eigenvalue weighted by molar-refractivity contribution is 5.91. The van der Waals surface area contributed by atoms with Gasteiger partial charge in [-0.3, -0.25) is 4.79 Å². The van der Waals surface area contributed by atoms with Crippen molar-refractivity contribution < 1.29 is 32.0 Å². The number of nitrogens with one attached hydrogen (secondary N) is 1. The number of hydrogen-bond donors (Lipinski definition) is 1. The van der Waals surface area contributed by atoms with Gasteiger partial charge in [0.25, 0.3) is 11.8 Å². The van der Waals surface area contributed by atoms with E-state index in [1.54, 1.807) is 19.2 Å². The second-order valence-electron chi connectivity index (χ2n) is 5.98. The highest BCUT2D eigenvalue weighted by Gasteiger charge is 2.28. The molecule has 1 N–H and O–H groups in total. The van der Waals surface area contributed by atoms with Gasteiger partial charge in [0.15, 0.2) is 0 Å². The summed E-state index contributed by atoms with van der Waals surface area (Å²) in [6.45, 7) is -1.14. The summed E-state index contributed by atoms with van der Waals surface area (Å²) in [5.74, 6) is 0.0481. The molecule has 0 aliphatic heterocycles. The van der Waals surface area contributed by atoms with E-state index in [-0.39, 0.29) is 30.5 Å². The van der Waals surface area contributed by atoms with Gasteiger partial charge in [-0.15, -0.1) is 0 Å². The van der Waals surface area contributed by atoms with Crippen LogP contribution in [0.15, 0.2) is 47.4 Å². The van der Waals surface area contributed by atoms with Crippen molar-refractivity contribution in [1.82, 2.24) is 20.0 Å². The molecule has 11 heteroatoms. The first-order valence-corrected chi connectivity index (χ1v) is 8.40. The van der Waals surface area contributed by atoms with Crippen LogP contribution in [0.5, 0.6) is 11.6 Å². The molecule has 8 nitrogen and oxygen atoms in total. The topological polar surface area (TPSA) is 91.4 Å². The number of rotatable bonds is 8. The van der Waals surface area contributed by atoms with Gasteiger partial charge in [0.05, 0.1) is 31.7 Å². The zero-order chi connectivity index (χ0) is 20.9. The molecule has 0 aliphatic rings. The maximum absolute atomic E-state index is 12.5.